The molecule has 0 radical (unpaired) electrons. The van der Waals surface area contributed by atoms with Crippen LogP contribution in [-0.4, -0.2) is 31.4 Å². The van der Waals surface area contributed by atoms with Gasteiger partial charge in [-0.1, -0.05) is 45.2 Å². The van der Waals surface area contributed by atoms with E-state index in [2.05, 4.69) is 17.1 Å². The van der Waals surface area contributed by atoms with E-state index in [1.807, 2.05) is 6.92 Å². The Morgan fingerprint density at radius 1 is 1.23 bits per heavy atom. The van der Waals surface area contributed by atoms with Gasteiger partial charge in [-0.15, -0.1) is 5.10 Å². The highest BCUT2D eigenvalue weighted by Gasteiger charge is 2.30. The molecule has 0 saturated carbocycles. The summed E-state index contributed by atoms with van der Waals surface area (Å²) in [6.45, 7) is 7.11. The Kier molecular flexibility index (Phi) is 8.01. The van der Waals surface area contributed by atoms with Gasteiger partial charge in [-0.2, -0.15) is 0 Å². The molecular formula is C22H31N3O6. The van der Waals surface area contributed by atoms with Crippen molar-refractivity contribution in [2.75, 3.05) is 0 Å². The van der Waals surface area contributed by atoms with E-state index in [1.54, 1.807) is 24.3 Å². The predicted molar refractivity (Wildman–Crippen MR) is 116 cm³/mol. The first-order valence-corrected chi connectivity index (χ1v) is 10.4. The Bertz CT molecular complexity index is 994. The topological polar surface area (TPSA) is 124 Å². The molecule has 0 spiro atoms. The summed E-state index contributed by atoms with van der Waals surface area (Å²) in [5, 5.41) is 15.3. The SMILES string of the molecule is CCCCCC(C)C(Oc1n[nH]c(=O)n(C)c1=O)c1ccc(OC(C)(C)C(=O)O)cc1. The van der Waals surface area contributed by atoms with Crippen LogP contribution >= 0.6 is 0 Å². The minimum atomic E-state index is -1.36. The predicted octanol–water partition coefficient (Wildman–Crippen LogP) is 3.05. The largest absolute Gasteiger partial charge is 0.478 e. The summed E-state index contributed by atoms with van der Waals surface area (Å²) in [5.74, 6) is -0.775. The minimum Gasteiger partial charge on any atom is -0.478 e. The van der Waals surface area contributed by atoms with Crippen molar-refractivity contribution < 1.29 is 19.4 Å². The molecule has 1 aromatic heterocycles. The number of aliphatic carboxylic acids is 1. The van der Waals surface area contributed by atoms with Gasteiger partial charge in [-0.25, -0.2) is 14.7 Å². The normalized spacial score (nSPS) is 13.5. The number of benzene rings is 1. The third-order valence-electron chi connectivity index (χ3n) is 5.16. The van der Waals surface area contributed by atoms with E-state index in [0.29, 0.717) is 5.75 Å². The monoisotopic (exact) mass is 433 g/mol. The van der Waals surface area contributed by atoms with E-state index < -0.39 is 28.9 Å². The van der Waals surface area contributed by atoms with Gasteiger partial charge in [0.2, 0.25) is 0 Å². The number of hydrogen-bond donors (Lipinski definition) is 2. The molecule has 9 heteroatoms. The molecule has 0 fully saturated rings. The highest BCUT2D eigenvalue weighted by molar-refractivity contribution is 5.76. The first-order chi connectivity index (χ1) is 14.6. The van der Waals surface area contributed by atoms with Crippen LogP contribution in [0.1, 0.15) is 65.0 Å². The maximum atomic E-state index is 12.4. The summed E-state index contributed by atoms with van der Waals surface area (Å²) in [5.41, 5.74) is -1.80. The third kappa shape index (κ3) is 6.19. The second-order valence-electron chi connectivity index (χ2n) is 8.20. The second-order valence-corrected chi connectivity index (χ2v) is 8.20. The van der Waals surface area contributed by atoms with Crippen LogP contribution in [0.5, 0.6) is 11.6 Å². The van der Waals surface area contributed by atoms with Gasteiger partial charge >= 0.3 is 17.2 Å². The van der Waals surface area contributed by atoms with E-state index >= 15 is 0 Å². The second kappa shape index (κ2) is 10.3. The van der Waals surface area contributed by atoms with Crippen molar-refractivity contribution in [1.82, 2.24) is 14.8 Å². The molecule has 2 N–H and O–H groups in total. The summed E-state index contributed by atoms with van der Waals surface area (Å²) >= 11 is 0. The average molecular weight is 434 g/mol. The average Bonchev–Trinajstić information content (AvgIpc) is 2.72. The number of aromatic amines is 1. The smallest absolute Gasteiger partial charge is 0.347 e. The lowest BCUT2D eigenvalue weighted by atomic mass is 9.92. The molecular weight excluding hydrogens is 402 g/mol. The van der Waals surface area contributed by atoms with Crippen LogP contribution in [0.25, 0.3) is 0 Å². The number of unbranched alkanes of at least 4 members (excludes halogenated alkanes) is 2. The van der Waals surface area contributed by atoms with Crippen LogP contribution in [-0.2, 0) is 11.8 Å². The number of carboxylic acids is 1. The molecule has 0 aliphatic rings. The summed E-state index contributed by atoms with van der Waals surface area (Å²) in [7, 11) is 1.35. The molecule has 2 aromatic rings. The fourth-order valence-corrected chi connectivity index (χ4v) is 3.10. The zero-order valence-electron chi connectivity index (χ0n) is 18.7. The van der Waals surface area contributed by atoms with E-state index in [4.69, 9.17) is 9.47 Å². The van der Waals surface area contributed by atoms with Crippen LogP contribution in [0.15, 0.2) is 33.9 Å². The maximum Gasteiger partial charge on any atom is 0.347 e. The molecule has 31 heavy (non-hydrogen) atoms. The molecule has 1 heterocycles. The quantitative estimate of drug-likeness (QED) is 0.522. The van der Waals surface area contributed by atoms with Crippen molar-refractivity contribution in [3.63, 3.8) is 0 Å². The summed E-state index contributed by atoms with van der Waals surface area (Å²) in [6.07, 6.45) is 3.59. The van der Waals surface area contributed by atoms with Gasteiger partial charge in [0.1, 0.15) is 11.9 Å². The van der Waals surface area contributed by atoms with Gasteiger partial charge in [0, 0.05) is 7.05 Å². The lowest BCUT2D eigenvalue weighted by Gasteiger charge is -2.26. The first-order valence-electron chi connectivity index (χ1n) is 10.4. The Morgan fingerprint density at radius 3 is 2.45 bits per heavy atom. The number of nitrogens with zero attached hydrogens (tertiary/aromatic N) is 2. The number of H-pyrrole nitrogens is 1. The highest BCUT2D eigenvalue weighted by atomic mass is 16.5. The van der Waals surface area contributed by atoms with Crippen molar-refractivity contribution in [3.8, 4) is 11.6 Å². The summed E-state index contributed by atoms with van der Waals surface area (Å²) in [6, 6.07) is 6.91. The summed E-state index contributed by atoms with van der Waals surface area (Å²) in [4.78, 5) is 35.3. The van der Waals surface area contributed by atoms with Crippen molar-refractivity contribution in [2.45, 2.75) is 65.1 Å². The molecule has 0 bridgehead atoms. The van der Waals surface area contributed by atoms with Crippen molar-refractivity contribution in [2.24, 2.45) is 13.0 Å². The Balaban J connectivity index is 2.32. The molecule has 0 aliphatic heterocycles. The van der Waals surface area contributed by atoms with Gasteiger partial charge in [0.15, 0.2) is 5.60 Å². The van der Waals surface area contributed by atoms with Crippen LogP contribution in [0, 0.1) is 5.92 Å². The van der Waals surface area contributed by atoms with Crippen LogP contribution in [0.3, 0.4) is 0 Å². The van der Waals surface area contributed by atoms with Gasteiger partial charge in [-0.05, 0) is 43.9 Å². The first kappa shape index (κ1) is 24.2. The van der Waals surface area contributed by atoms with E-state index in [0.717, 1.165) is 35.8 Å². The number of carboxylic acid groups (broad SMARTS) is 1. The molecule has 0 saturated heterocycles. The number of ether oxygens (including phenoxy) is 2. The standard InChI is InChI=1S/C22H31N3O6/c1-6-7-8-9-14(2)17(30-18-19(26)25(5)21(29)24-23-18)15-10-12-16(13-11-15)31-22(3,4)20(27)28/h10-14,17H,6-9H2,1-5H3,(H,24,29)(H,27,28). The van der Waals surface area contributed by atoms with Crippen LogP contribution < -0.4 is 20.7 Å². The number of hydrogen-bond acceptors (Lipinski definition) is 6. The third-order valence-corrected chi connectivity index (χ3v) is 5.16. The lowest BCUT2D eigenvalue weighted by Crippen LogP contribution is -2.37. The minimum absolute atomic E-state index is 0.0622. The zero-order chi connectivity index (χ0) is 23.2. The van der Waals surface area contributed by atoms with Crippen molar-refractivity contribution in [3.05, 3.63) is 50.7 Å². The van der Waals surface area contributed by atoms with E-state index in [1.165, 1.54) is 20.9 Å². The Hall–Kier alpha value is -3.10. The van der Waals surface area contributed by atoms with E-state index in [9.17, 15) is 19.5 Å². The van der Waals surface area contributed by atoms with Crippen molar-refractivity contribution in [1.29, 1.82) is 0 Å². The molecule has 2 rings (SSSR count). The molecule has 2 atom stereocenters. The Morgan fingerprint density at radius 2 is 1.87 bits per heavy atom. The van der Waals surface area contributed by atoms with Gasteiger partial charge in [-0.3, -0.25) is 9.36 Å². The number of carbonyl (C=O) groups is 1. The molecule has 1 aromatic carbocycles. The van der Waals surface area contributed by atoms with Crippen molar-refractivity contribution >= 4 is 5.97 Å². The Labute approximate surface area is 181 Å². The maximum absolute atomic E-state index is 12.4. The fraction of sp³-hybridized carbons (Fsp3) is 0.545. The fourth-order valence-electron chi connectivity index (χ4n) is 3.10. The highest BCUT2D eigenvalue weighted by Crippen LogP contribution is 2.31. The molecule has 0 aliphatic carbocycles. The van der Waals surface area contributed by atoms with Gasteiger partial charge < -0.3 is 14.6 Å². The number of aromatic nitrogens is 3. The molecule has 9 nitrogen and oxygen atoms in total. The van der Waals surface area contributed by atoms with E-state index in [-0.39, 0.29) is 11.8 Å². The lowest BCUT2D eigenvalue weighted by molar-refractivity contribution is -0.152. The van der Waals surface area contributed by atoms with Crippen LogP contribution in [0.4, 0.5) is 0 Å². The molecule has 2 unspecified atom stereocenters. The van der Waals surface area contributed by atoms with Crippen LogP contribution in [0.2, 0.25) is 0 Å². The molecule has 170 valence electrons. The number of rotatable bonds is 11. The van der Waals surface area contributed by atoms with Gasteiger partial charge in [0.05, 0.1) is 0 Å². The van der Waals surface area contributed by atoms with Gasteiger partial charge in [0.25, 0.3) is 5.88 Å². The summed E-state index contributed by atoms with van der Waals surface area (Å²) < 4.78 is 12.5. The molecule has 0 amide bonds. The number of nitrogens with one attached hydrogen (secondary N) is 1. The zero-order valence-corrected chi connectivity index (χ0v) is 18.7.